The maximum absolute atomic E-state index is 12.4. The van der Waals surface area contributed by atoms with E-state index in [1.54, 1.807) is 6.08 Å². The number of rotatable bonds is 50. The number of carbonyl (C=O) groups is 2. The molecule has 0 aromatic heterocycles. The van der Waals surface area contributed by atoms with Gasteiger partial charge in [-0.25, -0.2) is 0 Å². The van der Waals surface area contributed by atoms with E-state index in [9.17, 15) is 19.8 Å². The molecule has 0 saturated carbocycles. The summed E-state index contributed by atoms with van der Waals surface area (Å²) >= 11 is 0. The van der Waals surface area contributed by atoms with Crippen LogP contribution in [0.4, 0.5) is 0 Å². The largest absolute Gasteiger partial charge is 0.466 e. The van der Waals surface area contributed by atoms with Crippen molar-refractivity contribution in [1.29, 1.82) is 0 Å². The third kappa shape index (κ3) is 47.6. The zero-order chi connectivity index (χ0) is 45.1. The lowest BCUT2D eigenvalue weighted by atomic mass is 10.0. The van der Waals surface area contributed by atoms with Gasteiger partial charge >= 0.3 is 5.97 Å². The van der Waals surface area contributed by atoms with E-state index in [4.69, 9.17) is 4.74 Å². The van der Waals surface area contributed by atoms with Crippen LogP contribution in [-0.2, 0) is 14.3 Å². The molecule has 0 spiro atoms. The first kappa shape index (κ1) is 60.1. The Labute approximate surface area is 385 Å². The van der Waals surface area contributed by atoms with Gasteiger partial charge in [0.2, 0.25) is 5.91 Å². The number of unbranched alkanes of at least 4 members (excludes halogenated alkanes) is 35. The van der Waals surface area contributed by atoms with Gasteiger partial charge in [-0.15, -0.1) is 0 Å². The first-order valence-electron chi connectivity index (χ1n) is 27.3. The molecule has 0 aliphatic rings. The molecular weight excluding hydrogens is 767 g/mol. The van der Waals surface area contributed by atoms with E-state index >= 15 is 0 Å². The molecule has 364 valence electrons. The van der Waals surface area contributed by atoms with Crippen molar-refractivity contribution in [3.05, 3.63) is 36.5 Å². The Hall–Kier alpha value is -1.92. The van der Waals surface area contributed by atoms with Crippen molar-refractivity contribution in [1.82, 2.24) is 5.32 Å². The maximum atomic E-state index is 12.4. The smallest absolute Gasteiger partial charge is 0.305 e. The molecule has 3 N–H and O–H groups in total. The molecule has 0 rings (SSSR count). The fourth-order valence-corrected chi connectivity index (χ4v) is 8.15. The van der Waals surface area contributed by atoms with Crippen molar-refractivity contribution >= 4 is 11.9 Å². The van der Waals surface area contributed by atoms with E-state index < -0.39 is 12.1 Å². The zero-order valence-electron chi connectivity index (χ0n) is 41.4. The number of allylic oxidation sites excluding steroid dienone is 5. The third-order valence-corrected chi connectivity index (χ3v) is 12.4. The maximum Gasteiger partial charge on any atom is 0.305 e. The average molecular weight is 872 g/mol. The fourth-order valence-electron chi connectivity index (χ4n) is 8.15. The number of hydrogen-bond donors (Lipinski definition) is 3. The number of hydrogen-bond acceptors (Lipinski definition) is 5. The van der Waals surface area contributed by atoms with Gasteiger partial charge in [-0.3, -0.25) is 9.59 Å². The predicted molar refractivity (Wildman–Crippen MR) is 269 cm³/mol. The summed E-state index contributed by atoms with van der Waals surface area (Å²) < 4.78 is 5.46. The van der Waals surface area contributed by atoms with Crippen LogP contribution in [0.15, 0.2) is 36.5 Å². The molecule has 0 heterocycles. The number of aliphatic hydroxyl groups is 2. The third-order valence-electron chi connectivity index (χ3n) is 12.4. The van der Waals surface area contributed by atoms with E-state index in [0.717, 1.165) is 51.4 Å². The normalized spacial score (nSPS) is 12.9. The van der Waals surface area contributed by atoms with E-state index in [2.05, 4.69) is 43.5 Å². The van der Waals surface area contributed by atoms with Gasteiger partial charge in [-0.1, -0.05) is 224 Å². The molecule has 0 aromatic carbocycles. The summed E-state index contributed by atoms with van der Waals surface area (Å²) in [6.07, 6.45) is 63.1. The van der Waals surface area contributed by atoms with Gasteiger partial charge in [0, 0.05) is 12.8 Å². The number of aliphatic hydroxyl groups excluding tert-OH is 2. The summed E-state index contributed by atoms with van der Waals surface area (Å²) in [5.41, 5.74) is 0. The van der Waals surface area contributed by atoms with Gasteiger partial charge in [0.1, 0.15) is 0 Å². The van der Waals surface area contributed by atoms with Crippen LogP contribution in [0.5, 0.6) is 0 Å². The molecule has 6 heteroatoms. The van der Waals surface area contributed by atoms with Gasteiger partial charge in [-0.05, 0) is 83.5 Å². The molecule has 0 aromatic rings. The molecule has 0 aliphatic heterocycles. The minimum absolute atomic E-state index is 0.000566. The first-order valence-corrected chi connectivity index (χ1v) is 27.3. The average Bonchev–Trinajstić information content (AvgIpc) is 3.27. The van der Waals surface area contributed by atoms with Gasteiger partial charge in [0.15, 0.2) is 0 Å². The van der Waals surface area contributed by atoms with E-state index in [-0.39, 0.29) is 18.5 Å². The van der Waals surface area contributed by atoms with Crippen molar-refractivity contribution in [3.8, 4) is 0 Å². The van der Waals surface area contributed by atoms with Crippen LogP contribution in [0.1, 0.15) is 284 Å². The van der Waals surface area contributed by atoms with Crippen LogP contribution < -0.4 is 5.32 Å². The zero-order valence-corrected chi connectivity index (χ0v) is 41.4. The summed E-state index contributed by atoms with van der Waals surface area (Å²) in [6, 6.07) is -0.631. The second-order valence-corrected chi connectivity index (χ2v) is 18.5. The number of carbonyl (C=O) groups excluding carboxylic acids is 2. The molecule has 62 heavy (non-hydrogen) atoms. The lowest BCUT2D eigenvalue weighted by molar-refractivity contribution is -0.143. The topological polar surface area (TPSA) is 95.9 Å². The monoisotopic (exact) mass is 872 g/mol. The van der Waals surface area contributed by atoms with Crippen molar-refractivity contribution in [2.24, 2.45) is 0 Å². The Morgan fingerprint density at radius 3 is 1.16 bits per heavy atom. The molecule has 2 unspecified atom stereocenters. The Balaban J connectivity index is 3.42. The lowest BCUT2D eigenvalue weighted by Crippen LogP contribution is -2.45. The fraction of sp³-hybridized carbons (Fsp3) is 0.857. The Morgan fingerprint density at radius 1 is 0.435 bits per heavy atom. The van der Waals surface area contributed by atoms with Crippen LogP contribution in [0.2, 0.25) is 0 Å². The summed E-state index contributed by atoms with van der Waals surface area (Å²) in [6.45, 7) is 4.86. The van der Waals surface area contributed by atoms with Crippen molar-refractivity contribution in [2.75, 3.05) is 13.2 Å². The molecule has 1 amide bonds. The van der Waals surface area contributed by atoms with Crippen molar-refractivity contribution < 1.29 is 24.5 Å². The van der Waals surface area contributed by atoms with E-state index in [0.29, 0.717) is 19.4 Å². The SMILES string of the molecule is CCCCCC/C=C\CCCCCCCC(=O)OCCCCCCCCCCCCC/C=C\CCCCCCCCCC(=O)NC(CO)C(O)/C=C/CCCCCCCCCC. The summed E-state index contributed by atoms with van der Waals surface area (Å²) in [5.74, 6) is -0.0781. The van der Waals surface area contributed by atoms with Gasteiger partial charge in [0.05, 0.1) is 25.4 Å². The number of nitrogens with one attached hydrogen (secondary N) is 1. The van der Waals surface area contributed by atoms with Crippen LogP contribution >= 0.6 is 0 Å². The molecule has 0 saturated heterocycles. The van der Waals surface area contributed by atoms with Crippen LogP contribution in [0.25, 0.3) is 0 Å². The number of ether oxygens (including phenoxy) is 1. The molecule has 0 radical (unpaired) electrons. The van der Waals surface area contributed by atoms with Gasteiger partial charge in [0.25, 0.3) is 0 Å². The highest BCUT2D eigenvalue weighted by molar-refractivity contribution is 5.76. The number of esters is 1. The van der Waals surface area contributed by atoms with Crippen LogP contribution in [0.3, 0.4) is 0 Å². The van der Waals surface area contributed by atoms with Gasteiger partial charge in [-0.2, -0.15) is 0 Å². The standard InChI is InChI=1S/C56H105NO5/c1-3-5-7-9-11-13-15-26-30-34-38-42-46-50-56(61)62-51-47-43-39-35-31-28-25-23-21-19-17-16-18-20-22-24-27-29-33-37-41-45-49-55(60)57-53(52-58)54(59)48-44-40-36-32-14-12-10-8-6-4-2/h13,15,18,20,44,48,53-54,58-59H,3-12,14,16-17,19,21-43,45-47,49-52H2,1-2H3,(H,57,60)/b15-13-,20-18-,48-44+. The van der Waals surface area contributed by atoms with Gasteiger partial charge < -0.3 is 20.3 Å². The molecule has 6 nitrogen and oxygen atoms in total. The predicted octanol–water partition coefficient (Wildman–Crippen LogP) is 16.5. The Morgan fingerprint density at radius 2 is 0.758 bits per heavy atom. The Kier molecular flexibility index (Phi) is 50.1. The quantitative estimate of drug-likeness (QED) is 0.0321. The highest BCUT2D eigenvalue weighted by Crippen LogP contribution is 2.15. The summed E-state index contributed by atoms with van der Waals surface area (Å²) in [4.78, 5) is 24.4. The Bertz CT molecular complexity index is 1010. The van der Waals surface area contributed by atoms with Crippen LogP contribution in [-0.4, -0.2) is 47.4 Å². The van der Waals surface area contributed by atoms with E-state index in [1.165, 1.54) is 205 Å². The highest BCUT2D eigenvalue weighted by atomic mass is 16.5. The van der Waals surface area contributed by atoms with Crippen molar-refractivity contribution in [2.45, 2.75) is 296 Å². The summed E-state index contributed by atoms with van der Waals surface area (Å²) in [7, 11) is 0. The molecule has 0 bridgehead atoms. The minimum Gasteiger partial charge on any atom is -0.466 e. The second-order valence-electron chi connectivity index (χ2n) is 18.5. The molecule has 0 fully saturated rings. The van der Waals surface area contributed by atoms with E-state index in [1.807, 2.05) is 6.08 Å². The highest BCUT2D eigenvalue weighted by Gasteiger charge is 2.18. The summed E-state index contributed by atoms with van der Waals surface area (Å²) in [5, 5.41) is 22.9. The first-order chi connectivity index (χ1) is 30.5. The second kappa shape index (κ2) is 51.7. The van der Waals surface area contributed by atoms with Crippen molar-refractivity contribution in [3.63, 3.8) is 0 Å². The molecule has 2 atom stereocenters. The minimum atomic E-state index is -0.847. The number of amides is 1. The molecule has 0 aliphatic carbocycles. The van der Waals surface area contributed by atoms with Crippen LogP contribution in [0, 0.1) is 0 Å². The molecular formula is C56H105NO5. The lowest BCUT2D eigenvalue weighted by Gasteiger charge is -2.20.